The molecule has 0 atom stereocenters. The van der Waals surface area contributed by atoms with Crippen molar-refractivity contribution in [1.29, 1.82) is 0 Å². The number of esters is 1. The highest BCUT2D eigenvalue weighted by molar-refractivity contribution is 6.30. The molecule has 0 radical (unpaired) electrons. The van der Waals surface area contributed by atoms with Gasteiger partial charge in [-0.1, -0.05) is 41.4 Å². The summed E-state index contributed by atoms with van der Waals surface area (Å²) < 4.78 is 5.18. The number of amides is 1. The zero-order chi connectivity index (χ0) is 16.7. The molecule has 120 valence electrons. The molecule has 0 fully saturated rings. The van der Waals surface area contributed by atoms with E-state index in [1.807, 2.05) is 31.2 Å². The van der Waals surface area contributed by atoms with E-state index >= 15 is 0 Å². The van der Waals surface area contributed by atoms with E-state index < -0.39 is 0 Å². The fourth-order valence-corrected chi connectivity index (χ4v) is 2.15. The highest BCUT2D eigenvalue weighted by atomic mass is 35.5. The van der Waals surface area contributed by atoms with Crippen LogP contribution in [-0.4, -0.2) is 18.4 Å². The van der Waals surface area contributed by atoms with Gasteiger partial charge in [-0.15, -0.1) is 0 Å². The zero-order valence-electron chi connectivity index (χ0n) is 12.8. The number of hydrogen-bond acceptors (Lipinski definition) is 3. The van der Waals surface area contributed by atoms with Gasteiger partial charge in [0.25, 0.3) is 5.91 Å². The third kappa shape index (κ3) is 5.75. The van der Waals surface area contributed by atoms with E-state index in [1.165, 1.54) is 0 Å². The van der Waals surface area contributed by atoms with Gasteiger partial charge in [0.15, 0.2) is 0 Å². The first-order valence-electron chi connectivity index (χ1n) is 7.29. The van der Waals surface area contributed by atoms with Crippen molar-refractivity contribution in [2.75, 3.05) is 6.54 Å². The monoisotopic (exact) mass is 331 g/mol. The molecule has 0 aliphatic rings. The maximum absolute atomic E-state index is 11.8. The Morgan fingerprint density at radius 1 is 1.13 bits per heavy atom. The van der Waals surface area contributed by atoms with E-state index in [9.17, 15) is 9.59 Å². The molecule has 0 unspecified atom stereocenters. The van der Waals surface area contributed by atoms with Crippen LogP contribution >= 0.6 is 11.6 Å². The SMILES string of the molecule is Cc1cccc(COC(=O)CCNC(=O)c2ccc(Cl)cc2)c1. The van der Waals surface area contributed by atoms with Gasteiger partial charge in [-0.2, -0.15) is 0 Å². The Balaban J connectivity index is 1.70. The van der Waals surface area contributed by atoms with Crippen LogP contribution in [0.5, 0.6) is 0 Å². The summed E-state index contributed by atoms with van der Waals surface area (Å²) in [5, 5.41) is 3.24. The van der Waals surface area contributed by atoms with Crippen LogP contribution in [0.15, 0.2) is 48.5 Å². The minimum Gasteiger partial charge on any atom is -0.461 e. The molecule has 23 heavy (non-hydrogen) atoms. The fraction of sp³-hybridized carbons (Fsp3) is 0.222. The van der Waals surface area contributed by atoms with Crippen LogP contribution in [0.4, 0.5) is 0 Å². The molecule has 0 aromatic heterocycles. The largest absolute Gasteiger partial charge is 0.461 e. The van der Waals surface area contributed by atoms with Gasteiger partial charge in [0, 0.05) is 17.1 Å². The molecule has 4 nitrogen and oxygen atoms in total. The van der Waals surface area contributed by atoms with Crippen LogP contribution in [0.25, 0.3) is 0 Å². The number of carbonyl (C=O) groups excluding carboxylic acids is 2. The standard InChI is InChI=1S/C18H18ClNO3/c1-13-3-2-4-14(11-13)12-23-17(21)9-10-20-18(22)15-5-7-16(19)8-6-15/h2-8,11H,9-10,12H2,1H3,(H,20,22). The molecule has 0 spiro atoms. The number of ether oxygens (including phenoxy) is 1. The van der Waals surface area contributed by atoms with Gasteiger partial charge in [0.2, 0.25) is 0 Å². The first-order chi connectivity index (χ1) is 11.0. The summed E-state index contributed by atoms with van der Waals surface area (Å²) in [6.45, 7) is 2.46. The lowest BCUT2D eigenvalue weighted by molar-refractivity contribution is -0.144. The van der Waals surface area contributed by atoms with E-state index in [-0.39, 0.29) is 31.4 Å². The van der Waals surface area contributed by atoms with E-state index in [1.54, 1.807) is 24.3 Å². The van der Waals surface area contributed by atoms with Crippen LogP contribution < -0.4 is 5.32 Å². The van der Waals surface area contributed by atoms with Crippen LogP contribution in [0.1, 0.15) is 27.9 Å². The summed E-state index contributed by atoms with van der Waals surface area (Å²) in [4.78, 5) is 23.5. The summed E-state index contributed by atoms with van der Waals surface area (Å²) in [6.07, 6.45) is 0.130. The number of nitrogens with one attached hydrogen (secondary N) is 1. The van der Waals surface area contributed by atoms with Gasteiger partial charge in [-0.05, 0) is 36.8 Å². The lowest BCUT2D eigenvalue weighted by Gasteiger charge is -2.07. The van der Waals surface area contributed by atoms with Crippen molar-refractivity contribution in [1.82, 2.24) is 5.32 Å². The molecule has 0 saturated heterocycles. The smallest absolute Gasteiger partial charge is 0.307 e. The first kappa shape index (κ1) is 17.0. The summed E-state index contributed by atoms with van der Waals surface area (Å²) in [5.41, 5.74) is 2.57. The molecule has 1 N–H and O–H groups in total. The molecule has 2 rings (SSSR count). The first-order valence-corrected chi connectivity index (χ1v) is 7.67. The molecule has 5 heteroatoms. The quantitative estimate of drug-likeness (QED) is 0.824. The second kappa shape index (κ2) is 8.34. The number of benzene rings is 2. The molecule has 2 aromatic carbocycles. The molecule has 0 aliphatic heterocycles. The molecule has 1 amide bonds. The van der Waals surface area contributed by atoms with Gasteiger partial charge in [0.1, 0.15) is 6.61 Å². The summed E-state index contributed by atoms with van der Waals surface area (Å²) in [5.74, 6) is -0.587. The predicted molar refractivity (Wildman–Crippen MR) is 89.4 cm³/mol. The van der Waals surface area contributed by atoms with Crippen molar-refractivity contribution >= 4 is 23.5 Å². The zero-order valence-corrected chi connectivity index (χ0v) is 13.6. The van der Waals surface area contributed by atoms with E-state index in [0.29, 0.717) is 10.6 Å². The van der Waals surface area contributed by atoms with Crippen molar-refractivity contribution in [3.8, 4) is 0 Å². The van der Waals surface area contributed by atoms with Crippen molar-refractivity contribution in [3.63, 3.8) is 0 Å². The molecular formula is C18H18ClNO3. The highest BCUT2D eigenvalue weighted by Gasteiger charge is 2.07. The molecule has 2 aromatic rings. The van der Waals surface area contributed by atoms with Gasteiger partial charge >= 0.3 is 5.97 Å². The fourth-order valence-electron chi connectivity index (χ4n) is 2.02. The predicted octanol–water partition coefficient (Wildman–Crippen LogP) is 3.51. The van der Waals surface area contributed by atoms with Crippen molar-refractivity contribution < 1.29 is 14.3 Å². The van der Waals surface area contributed by atoms with E-state index in [2.05, 4.69) is 5.32 Å². The Hall–Kier alpha value is -2.33. The Kier molecular flexibility index (Phi) is 6.18. The minimum atomic E-state index is -0.345. The summed E-state index contributed by atoms with van der Waals surface area (Å²) in [6, 6.07) is 14.3. The second-order valence-corrected chi connectivity index (χ2v) is 5.60. The molecule has 0 bridgehead atoms. The second-order valence-electron chi connectivity index (χ2n) is 5.16. The third-order valence-electron chi connectivity index (χ3n) is 3.20. The van der Waals surface area contributed by atoms with Gasteiger partial charge in [-0.25, -0.2) is 0 Å². The van der Waals surface area contributed by atoms with Crippen LogP contribution in [0, 0.1) is 6.92 Å². The average Bonchev–Trinajstić information content (AvgIpc) is 2.53. The van der Waals surface area contributed by atoms with Gasteiger partial charge in [-0.3, -0.25) is 9.59 Å². The number of hydrogen-bond donors (Lipinski definition) is 1. The highest BCUT2D eigenvalue weighted by Crippen LogP contribution is 2.09. The van der Waals surface area contributed by atoms with Crippen LogP contribution in [0.3, 0.4) is 0 Å². The molecule has 0 saturated carbocycles. The van der Waals surface area contributed by atoms with E-state index in [4.69, 9.17) is 16.3 Å². The lowest BCUT2D eigenvalue weighted by Crippen LogP contribution is -2.26. The lowest BCUT2D eigenvalue weighted by atomic mass is 10.1. The van der Waals surface area contributed by atoms with Crippen molar-refractivity contribution in [3.05, 3.63) is 70.2 Å². The minimum absolute atomic E-state index is 0.130. The Labute approximate surface area is 140 Å². The maximum Gasteiger partial charge on any atom is 0.307 e. The summed E-state index contributed by atoms with van der Waals surface area (Å²) in [7, 11) is 0. The number of carbonyl (C=O) groups is 2. The number of aryl methyl sites for hydroxylation is 1. The van der Waals surface area contributed by atoms with Crippen molar-refractivity contribution in [2.24, 2.45) is 0 Å². The van der Waals surface area contributed by atoms with Gasteiger partial charge < -0.3 is 10.1 Å². The van der Waals surface area contributed by atoms with E-state index in [0.717, 1.165) is 11.1 Å². The van der Waals surface area contributed by atoms with Crippen molar-refractivity contribution in [2.45, 2.75) is 20.0 Å². The summed E-state index contributed by atoms with van der Waals surface area (Å²) >= 11 is 5.76. The third-order valence-corrected chi connectivity index (χ3v) is 3.46. The maximum atomic E-state index is 11.8. The van der Waals surface area contributed by atoms with Gasteiger partial charge in [0.05, 0.1) is 6.42 Å². The number of rotatable bonds is 6. The van der Waals surface area contributed by atoms with Crippen LogP contribution in [0.2, 0.25) is 5.02 Å². The Morgan fingerprint density at radius 2 is 1.87 bits per heavy atom. The topological polar surface area (TPSA) is 55.4 Å². The average molecular weight is 332 g/mol. The molecular weight excluding hydrogens is 314 g/mol. The molecule has 0 heterocycles. The number of halogens is 1. The van der Waals surface area contributed by atoms with Crippen LogP contribution in [-0.2, 0) is 16.1 Å². The normalized spacial score (nSPS) is 10.2. The Morgan fingerprint density at radius 3 is 2.57 bits per heavy atom. The molecule has 0 aliphatic carbocycles. The Bertz CT molecular complexity index is 683.